The zero-order valence-corrected chi connectivity index (χ0v) is 10.8. The first-order valence-corrected chi connectivity index (χ1v) is 6.29. The number of rotatable bonds is 5. The van der Waals surface area contributed by atoms with Crippen LogP contribution in [-0.2, 0) is 9.59 Å². The van der Waals surface area contributed by atoms with Gasteiger partial charge in [-0.15, -0.1) is 11.8 Å². The second-order valence-electron chi connectivity index (χ2n) is 2.99. The van der Waals surface area contributed by atoms with E-state index in [1.165, 1.54) is 11.8 Å². The van der Waals surface area contributed by atoms with Gasteiger partial charge in [0.05, 0.1) is 12.3 Å². The van der Waals surface area contributed by atoms with E-state index < -0.39 is 5.91 Å². The van der Waals surface area contributed by atoms with Crippen molar-refractivity contribution >= 4 is 39.5 Å². The number of halogens is 1. The van der Waals surface area contributed by atoms with Crippen molar-refractivity contribution in [2.75, 3.05) is 12.3 Å². The van der Waals surface area contributed by atoms with E-state index in [1.807, 2.05) is 24.3 Å². The van der Waals surface area contributed by atoms with Crippen molar-refractivity contribution in [2.24, 2.45) is 5.73 Å². The molecule has 3 N–H and O–H groups in total. The molecule has 1 rings (SSSR count). The number of thioether (sulfide) groups is 1. The first-order chi connectivity index (χ1) is 7.58. The van der Waals surface area contributed by atoms with Crippen molar-refractivity contribution in [3.8, 4) is 0 Å². The molecule has 0 unspecified atom stereocenters. The highest BCUT2D eigenvalue weighted by Crippen LogP contribution is 2.20. The van der Waals surface area contributed by atoms with E-state index in [0.717, 1.165) is 9.37 Å². The lowest BCUT2D eigenvalue weighted by atomic mass is 10.4. The van der Waals surface area contributed by atoms with Gasteiger partial charge in [-0.25, -0.2) is 0 Å². The molecular weight excluding hydrogens is 292 g/mol. The van der Waals surface area contributed by atoms with E-state index >= 15 is 0 Å². The Bertz CT molecular complexity index is 381. The number of hydrogen-bond acceptors (Lipinski definition) is 3. The summed E-state index contributed by atoms with van der Waals surface area (Å²) >= 11 is 4.73. The minimum absolute atomic E-state index is 0.111. The molecule has 1 aromatic carbocycles. The Morgan fingerprint density at radius 3 is 2.50 bits per heavy atom. The smallest absolute Gasteiger partial charge is 0.236 e. The highest BCUT2D eigenvalue weighted by molar-refractivity contribution is 9.10. The summed E-state index contributed by atoms with van der Waals surface area (Å²) in [4.78, 5) is 22.6. The summed E-state index contributed by atoms with van der Waals surface area (Å²) in [6.07, 6.45) is 0. The summed E-state index contributed by atoms with van der Waals surface area (Å²) in [6.45, 7) is -0.111. The fourth-order valence-electron chi connectivity index (χ4n) is 0.916. The first kappa shape index (κ1) is 13.1. The Hall–Kier alpha value is -1.01. The molecule has 16 heavy (non-hydrogen) atoms. The monoisotopic (exact) mass is 302 g/mol. The van der Waals surface area contributed by atoms with Crippen molar-refractivity contribution in [2.45, 2.75) is 4.90 Å². The third-order valence-corrected chi connectivity index (χ3v) is 3.18. The van der Waals surface area contributed by atoms with Crippen LogP contribution in [-0.4, -0.2) is 24.1 Å². The zero-order chi connectivity index (χ0) is 12.0. The Labute approximate surface area is 106 Å². The molecule has 0 aliphatic heterocycles. The van der Waals surface area contributed by atoms with Gasteiger partial charge in [-0.05, 0) is 24.3 Å². The van der Waals surface area contributed by atoms with Crippen LogP contribution < -0.4 is 11.1 Å². The average Bonchev–Trinajstić information content (AvgIpc) is 2.25. The standard InChI is InChI=1S/C10H11BrN2O2S/c11-7-1-3-8(4-2-7)16-6-10(15)13-5-9(12)14/h1-4H,5-6H2,(H2,12,14)(H,13,15). The summed E-state index contributed by atoms with van der Waals surface area (Å²) in [6, 6.07) is 7.64. The van der Waals surface area contributed by atoms with Gasteiger partial charge in [0.15, 0.2) is 0 Å². The van der Waals surface area contributed by atoms with Crippen molar-refractivity contribution in [3.63, 3.8) is 0 Å². The number of carbonyl (C=O) groups is 2. The summed E-state index contributed by atoms with van der Waals surface area (Å²) in [5, 5.41) is 2.42. The maximum absolute atomic E-state index is 11.2. The molecule has 0 fully saturated rings. The summed E-state index contributed by atoms with van der Waals surface area (Å²) in [5.41, 5.74) is 4.90. The zero-order valence-electron chi connectivity index (χ0n) is 8.40. The lowest BCUT2D eigenvalue weighted by Gasteiger charge is -2.02. The normalized spacial score (nSPS) is 9.81. The molecule has 0 spiro atoms. The molecule has 0 saturated heterocycles. The number of benzene rings is 1. The van der Waals surface area contributed by atoms with Crippen LogP contribution in [0.25, 0.3) is 0 Å². The van der Waals surface area contributed by atoms with Crippen molar-refractivity contribution in [1.29, 1.82) is 0 Å². The molecule has 86 valence electrons. The second kappa shape index (κ2) is 6.55. The number of nitrogens with two attached hydrogens (primary N) is 1. The number of hydrogen-bond donors (Lipinski definition) is 2. The van der Waals surface area contributed by atoms with Gasteiger partial charge in [0.1, 0.15) is 0 Å². The van der Waals surface area contributed by atoms with Crippen LogP contribution in [0, 0.1) is 0 Å². The lowest BCUT2D eigenvalue weighted by molar-refractivity contribution is -0.123. The van der Waals surface area contributed by atoms with Crippen LogP contribution in [0.3, 0.4) is 0 Å². The maximum Gasteiger partial charge on any atom is 0.236 e. The Balaban J connectivity index is 2.31. The van der Waals surface area contributed by atoms with Crippen LogP contribution in [0.4, 0.5) is 0 Å². The highest BCUT2D eigenvalue weighted by Gasteiger charge is 2.03. The van der Waals surface area contributed by atoms with Crippen LogP contribution in [0.15, 0.2) is 33.6 Å². The van der Waals surface area contributed by atoms with Crippen molar-refractivity contribution in [1.82, 2.24) is 5.32 Å². The van der Waals surface area contributed by atoms with Gasteiger partial charge in [0.2, 0.25) is 11.8 Å². The molecule has 4 nitrogen and oxygen atoms in total. The first-order valence-electron chi connectivity index (χ1n) is 4.51. The van der Waals surface area contributed by atoms with Crippen LogP contribution in [0.2, 0.25) is 0 Å². The van der Waals surface area contributed by atoms with Crippen LogP contribution in [0.5, 0.6) is 0 Å². The molecule has 0 saturated carbocycles. The molecular formula is C10H11BrN2O2S. The average molecular weight is 303 g/mol. The SMILES string of the molecule is NC(=O)CNC(=O)CSc1ccc(Br)cc1. The number of nitrogens with one attached hydrogen (secondary N) is 1. The van der Waals surface area contributed by atoms with Gasteiger partial charge in [-0.1, -0.05) is 15.9 Å². The van der Waals surface area contributed by atoms with Crippen molar-refractivity contribution in [3.05, 3.63) is 28.7 Å². The Morgan fingerprint density at radius 1 is 1.31 bits per heavy atom. The van der Waals surface area contributed by atoms with Crippen LogP contribution in [0.1, 0.15) is 0 Å². The van der Waals surface area contributed by atoms with Gasteiger partial charge >= 0.3 is 0 Å². The van der Waals surface area contributed by atoms with Gasteiger partial charge < -0.3 is 11.1 Å². The Kier molecular flexibility index (Phi) is 5.34. The number of amides is 2. The largest absolute Gasteiger partial charge is 0.368 e. The third-order valence-electron chi connectivity index (χ3n) is 1.64. The molecule has 6 heteroatoms. The maximum atomic E-state index is 11.2. The van der Waals surface area contributed by atoms with Gasteiger partial charge in [0.25, 0.3) is 0 Å². The summed E-state index contributed by atoms with van der Waals surface area (Å²) in [5.74, 6) is -0.469. The molecule has 2 amide bonds. The van der Waals surface area contributed by atoms with E-state index in [2.05, 4.69) is 21.2 Å². The third kappa shape index (κ3) is 5.18. The molecule has 0 aliphatic carbocycles. The van der Waals surface area contributed by atoms with E-state index in [0.29, 0.717) is 0 Å². The van der Waals surface area contributed by atoms with E-state index in [-0.39, 0.29) is 18.2 Å². The molecule has 0 aromatic heterocycles. The van der Waals surface area contributed by atoms with E-state index in [9.17, 15) is 9.59 Å². The predicted molar refractivity (Wildman–Crippen MR) is 67.1 cm³/mol. The van der Waals surface area contributed by atoms with Gasteiger partial charge in [0, 0.05) is 9.37 Å². The molecule has 0 radical (unpaired) electrons. The van der Waals surface area contributed by atoms with E-state index in [1.54, 1.807) is 0 Å². The summed E-state index contributed by atoms with van der Waals surface area (Å²) in [7, 11) is 0. The minimum Gasteiger partial charge on any atom is -0.368 e. The fraction of sp³-hybridized carbons (Fsp3) is 0.200. The highest BCUT2D eigenvalue weighted by atomic mass is 79.9. The molecule has 0 aliphatic rings. The topological polar surface area (TPSA) is 72.2 Å². The van der Waals surface area contributed by atoms with Crippen LogP contribution >= 0.6 is 27.7 Å². The lowest BCUT2D eigenvalue weighted by Crippen LogP contribution is -2.34. The fourth-order valence-corrected chi connectivity index (χ4v) is 1.91. The predicted octanol–water partition coefficient (Wildman–Crippen LogP) is 1.14. The second-order valence-corrected chi connectivity index (χ2v) is 4.95. The number of carbonyl (C=O) groups excluding carboxylic acids is 2. The minimum atomic E-state index is -0.540. The summed E-state index contributed by atoms with van der Waals surface area (Å²) < 4.78 is 0.995. The molecule has 1 aromatic rings. The Morgan fingerprint density at radius 2 is 1.94 bits per heavy atom. The van der Waals surface area contributed by atoms with E-state index in [4.69, 9.17) is 5.73 Å². The quantitative estimate of drug-likeness (QED) is 0.801. The molecule has 0 heterocycles. The van der Waals surface area contributed by atoms with Gasteiger partial charge in [-0.2, -0.15) is 0 Å². The molecule has 0 bridgehead atoms. The number of primary amides is 1. The van der Waals surface area contributed by atoms with Crippen molar-refractivity contribution < 1.29 is 9.59 Å². The molecule has 0 atom stereocenters. The van der Waals surface area contributed by atoms with Gasteiger partial charge in [-0.3, -0.25) is 9.59 Å².